The SMILES string of the molecule is COc1ccc(F)cc1C(O)c1ccc(Cl)cc1N. The van der Waals surface area contributed by atoms with Crippen molar-refractivity contribution in [3.63, 3.8) is 0 Å². The lowest BCUT2D eigenvalue weighted by atomic mass is 9.99. The lowest BCUT2D eigenvalue weighted by molar-refractivity contribution is 0.215. The quantitative estimate of drug-likeness (QED) is 0.850. The average molecular weight is 282 g/mol. The maximum atomic E-state index is 13.3. The Bertz CT molecular complexity index is 604. The monoisotopic (exact) mass is 281 g/mol. The zero-order chi connectivity index (χ0) is 14.0. The molecule has 3 N–H and O–H groups in total. The van der Waals surface area contributed by atoms with Crippen molar-refractivity contribution in [3.05, 3.63) is 58.4 Å². The van der Waals surface area contributed by atoms with Gasteiger partial charge in [0.25, 0.3) is 0 Å². The number of ether oxygens (including phenoxy) is 1. The Balaban J connectivity index is 2.49. The van der Waals surface area contributed by atoms with Crippen molar-refractivity contribution in [2.75, 3.05) is 12.8 Å². The summed E-state index contributed by atoms with van der Waals surface area (Å²) in [7, 11) is 1.45. The van der Waals surface area contributed by atoms with Crippen LogP contribution in [0.3, 0.4) is 0 Å². The van der Waals surface area contributed by atoms with E-state index in [4.69, 9.17) is 22.1 Å². The van der Waals surface area contributed by atoms with E-state index in [0.717, 1.165) is 0 Å². The number of hydrogen-bond donors (Lipinski definition) is 2. The van der Waals surface area contributed by atoms with Crippen LogP contribution in [0.25, 0.3) is 0 Å². The van der Waals surface area contributed by atoms with E-state index >= 15 is 0 Å². The maximum absolute atomic E-state index is 13.3. The fraction of sp³-hybridized carbons (Fsp3) is 0.143. The topological polar surface area (TPSA) is 55.5 Å². The number of halogens is 2. The van der Waals surface area contributed by atoms with Gasteiger partial charge < -0.3 is 15.6 Å². The fourth-order valence-electron chi connectivity index (χ4n) is 1.88. The highest BCUT2D eigenvalue weighted by Gasteiger charge is 2.18. The average Bonchev–Trinajstić information content (AvgIpc) is 2.38. The van der Waals surface area contributed by atoms with E-state index in [1.807, 2.05) is 0 Å². The maximum Gasteiger partial charge on any atom is 0.125 e. The number of benzene rings is 2. The van der Waals surface area contributed by atoms with Gasteiger partial charge >= 0.3 is 0 Å². The Hall–Kier alpha value is -1.78. The highest BCUT2D eigenvalue weighted by molar-refractivity contribution is 6.30. The van der Waals surface area contributed by atoms with E-state index in [1.54, 1.807) is 12.1 Å². The van der Waals surface area contributed by atoms with Crippen molar-refractivity contribution >= 4 is 17.3 Å². The van der Waals surface area contributed by atoms with Crippen LogP contribution in [0, 0.1) is 5.82 Å². The molecule has 0 aliphatic carbocycles. The number of aliphatic hydroxyl groups excluding tert-OH is 1. The van der Waals surface area contributed by atoms with Crippen molar-refractivity contribution in [2.45, 2.75) is 6.10 Å². The van der Waals surface area contributed by atoms with Crippen LogP contribution in [0.2, 0.25) is 5.02 Å². The summed E-state index contributed by atoms with van der Waals surface area (Å²) in [5, 5.41) is 10.8. The molecule has 0 bridgehead atoms. The van der Waals surface area contributed by atoms with Gasteiger partial charge in [-0.2, -0.15) is 0 Å². The molecule has 1 unspecified atom stereocenters. The molecule has 0 fully saturated rings. The van der Waals surface area contributed by atoms with E-state index in [-0.39, 0.29) is 0 Å². The van der Waals surface area contributed by atoms with Gasteiger partial charge in [0.1, 0.15) is 17.7 Å². The van der Waals surface area contributed by atoms with Crippen molar-refractivity contribution in [2.24, 2.45) is 0 Å². The summed E-state index contributed by atoms with van der Waals surface area (Å²) in [6, 6.07) is 8.69. The lowest BCUT2D eigenvalue weighted by Crippen LogP contribution is -2.06. The summed E-state index contributed by atoms with van der Waals surface area (Å²) >= 11 is 5.81. The number of nitrogens with two attached hydrogens (primary N) is 1. The van der Waals surface area contributed by atoms with E-state index in [2.05, 4.69) is 0 Å². The highest BCUT2D eigenvalue weighted by atomic mass is 35.5. The van der Waals surface area contributed by atoms with Crippen molar-refractivity contribution in [1.29, 1.82) is 0 Å². The molecule has 2 aromatic rings. The summed E-state index contributed by atoms with van der Waals surface area (Å²) in [6.45, 7) is 0. The van der Waals surface area contributed by atoms with Crippen LogP contribution in [0.1, 0.15) is 17.2 Å². The molecule has 0 radical (unpaired) electrons. The van der Waals surface area contributed by atoms with Crippen LogP contribution in [0.15, 0.2) is 36.4 Å². The number of aliphatic hydroxyl groups is 1. The minimum atomic E-state index is -1.08. The molecule has 19 heavy (non-hydrogen) atoms. The summed E-state index contributed by atoms with van der Waals surface area (Å²) in [6.07, 6.45) is -1.08. The molecule has 0 spiro atoms. The Morgan fingerprint density at radius 1 is 1.21 bits per heavy atom. The standard InChI is InChI=1S/C14H13ClFNO2/c1-19-13-5-3-9(16)7-11(13)14(18)10-4-2-8(15)6-12(10)17/h2-7,14,18H,17H2,1H3. The molecule has 5 heteroatoms. The number of nitrogen functional groups attached to an aromatic ring is 1. The van der Waals surface area contributed by atoms with Gasteiger partial charge in [0, 0.05) is 21.8 Å². The Kier molecular flexibility index (Phi) is 3.93. The first-order chi connectivity index (χ1) is 9.02. The lowest BCUT2D eigenvalue weighted by Gasteiger charge is -2.17. The molecule has 3 nitrogen and oxygen atoms in total. The van der Waals surface area contributed by atoms with Crippen molar-refractivity contribution < 1.29 is 14.2 Å². The number of hydrogen-bond acceptors (Lipinski definition) is 3. The van der Waals surface area contributed by atoms with E-state index in [1.165, 1.54) is 31.4 Å². The summed E-state index contributed by atoms with van der Waals surface area (Å²) in [5.74, 6) is -0.0642. The molecule has 0 saturated heterocycles. The summed E-state index contributed by atoms with van der Waals surface area (Å²) < 4.78 is 18.4. The van der Waals surface area contributed by atoms with Gasteiger partial charge in [0.05, 0.1) is 7.11 Å². The highest BCUT2D eigenvalue weighted by Crippen LogP contribution is 2.34. The molecule has 0 aliphatic rings. The minimum Gasteiger partial charge on any atom is -0.496 e. The second kappa shape index (κ2) is 5.47. The summed E-state index contributed by atoms with van der Waals surface area (Å²) in [4.78, 5) is 0. The van der Waals surface area contributed by atoms with Crippen LogP contribution < -0.4 is 10.5 Å². The van der Waals surface area contributed by atoms with Crippen LogP contribution in [0.5, 0.6) is 5.75 Å². The molecule has 2 rings (SSSR count). The molecule has 0 amide bonds. The second-order valence-corrected chi connectivity index (χ2v) is 4.50. The van der Waals surface area contributed by atoms with Crippen LogP contribution >= 0.6 is 11.6 Å². The van der Waals surface area contributed by atoms with Crippen LogP contribution in [-0.2, 0) is 0 Å². The normalized spacial score (nSPS) is 12.2. The Morgan fingerprint density at radius 2 is 1.95 bits per heavy atom. The Morgan fingerprint density at radius 3 is 2.58 bits per heavy atom. The predicted molar refractivity (Wildman–Crippen MR) is 72.9 cm³/mol. The first-order valence-corrected chi connectivity index (χ1v) is 5.97. The third kappa shape index (κ3) is 2.80. The van der Waals surface area contributed by atoms with Crippen molar-refractivity contribution in [3.8, 4) is 5.75 Å². The first-order valence-electron chi connectivity index (χ1n) is 5.59. The molecule has 0 heterocycles. The number of rotatable bonds is 3. The van der Waals surface area contributed by atoms with Gasteiger partial charge in [0.2, 0.25) is 0 Å². The third-order valence-corrected chi connectivity index (χ3v) is 3.06. The van der Waals surface area contributed by atoms with Gasteiger partial charge in [-0.25, -0.2) is 4.39 Å². The zero-order valence-electron chi connectivity index (χ0n) is 10.2. The molecule has 0 aromatic heterocycles. The van der Waals surface area contributed by atoms with Crippen LogP contribution in [-0.4, -0.2) is 12.2 Å². The smallest absolute Gasteiger partial charge is 0.125 e. The Labute approximate surface area is 115 Å². The summed E-state index contributed by atoms with van der Waals surface area (Å²) in [5.41, 5.74) is 6.92. The molecular weight excluding hydrogens is 269 g/mol. The van der Waals surface area contributed by atoms with E-state index < -0.39 is 11.9 Å². The fourth-order valence-corrected chi connectivity index (χ4v) is 2.06. The van der Waals surface area contributed by atoms with Gasteiger partial charge in [-0.15, -0.1) is 0 Å². The second-order valence-electron chi connectivity index (χ2n) is 4.06. The zero-order valence-corrected chi connectivity index (χ0v) is 11.0. The van der Waals surface area contributed by atoms with Gasteiger partial charge in [-0.3, -0.25) is 0 Å². The van der Waals surface area contributed by atoms with E-state index in [0.29, 0.717) is 27.6 Å². The van der Waals surface area contributed by atoms with Gasteiger partial charge in [0.15, 0.2) is 0 Å². The predicted octanol–water partition coefficient (Wildman–Crippen LogP) is 3.15. The van der Waals surface area contributed by atoms with E-state index in [9.17, 15) is 9.50 Å². The molecule has 0 saturated carbocycles. The molecule has 100 valence electrons. The van der Waals surface area contributed by atoms with Crippen LogP contribution in [0.4, 0.5) is 10.1 Å². The van der Waals surface area contributed by atoms with Crippen molar-refractivity contribution in [1.82, 2.24) is 0 Å². The number of methoxy groups -OCH3 is 1. The molecule has 2 aromatic carbocycles. The number of anilines is 1. The third-order valence-electron chi connectivity index (χ3n) is 2.83. The first kappa shape index (κ1) is 13.6. The largest absolute Gasteiger partial charge is 0.496 e. The molecule has 1 atom stereocenters. The molecule has 0 aliphatic heterocycles. The van der Waals surface area contributed by atoms with Gasteiger partial charge in [-0.1, -0.05) is 17.7 Å². The minimum absolute atomic E-state index is 0.316. The molecular formula is C14H13ClFNO2. The van der Waals surface area contributed by atoms with Gasteiger partial charge in [-0.05, 0) is 30.3 Å².